The molecule has 0 aliphatic rings. The van der Waals surface area contributed by atoms with Crippen LogP contribution < -0.4 is 20.7 Å². The van der Waals surface area contributed by atoms with Gasteiger partial charge >= 0.3 is 0 Å². The molecule has 0 unspecified atom stereocenters. The highest BCUT2D eigenvalue weighted by Crippen LogP contribution is 2.26. The third-order valence-corrected chi connectivity index (χ3v) is 5.47. The summed E-state index contributed by atoms with van der Waals surface area (Å²) in [5.74, 6) is 0.0233. The topological polar surface area (TPSA) is 88.7 Å². The van der Waals surface area contributed by atoms with Gasteiger partial charge in [0.05, 0.1) is 11.1 Å². The van der Waals surface area contributed by atoms with Crippen LogP contribution in [-0.2, 0) is 11.3 Å². The molecular formula is C25H24BrN3O4S. The van der Waals surface area contributed by atoms with Gasteiger partial charge < -0.3 is 20.1 Å². The zero-order valence-electron chi connectivity index (χ0n) is 18.5. The van der Waals surface area contributed by atoms with Gasteiger partial charge in [-0.2, -0.15) is 0 Å². The van der Waals surface area contributed by atoms with Crippen molar-refractivity contribution in [2.24, 2.45) is 0 Å². The molecule has 2 amide bonds. The summed E-state index contributed by atoms with van der Waals surface area (Å²) in [5, 5.41) is 8.58. The summed E-state index contributed by atoms with van der Waals surface area (Å²) < 4.78 is 11.2. The van der Waals surface area contributed by atoms with E-state index in [2.05, 4.69) is 31.9 Å². The second-order valence-corrected chi connectivity index (χ2v) is 8.41. The molecule has 0 aromatic heterocycles. The number of carbonyl (C=O) groups is 2. The maximum Gasteiger partial charge on any atom is 0.257 e. The molecule has 3 aromatic rings. The Morgan fingerprint density at radius 3 is 2.41 bits per heavy atom. The number of thiocarbonyl (C=S) groups is 1. The number of benzene rings is 3. The van der Waals surface area contributed by atoms with Crippen molar-refractivity contribution in [3.63, 3.8) is 0 Å². The maximum atomic E-state index is 12.6. The second-order valence-electron chi connectivity index (χ2n) is 7.14. The van der Waals surface area contributed by atoms with Gasteiger partial charge in [-0.25, -0.2) is 0 Å². The summed E-state index contributed by atoms with van der Waals surface area (Å²) in [6.07, 6.45) is 0. The van der Waals surface area contributed by atoms with E-state index in [0.29, 0.717) is 46.8 Å². The molecule has 0 atom stereocenters. The van der Waals surface area contributed by atoms with Gasteiger partial charge in [-0.1, -0.05) is 36.4 Å². The third kappa shape index (κ3) is 7.65. The number of carbonyl (C=O) groups excluding carboxylic acids is 2. The van der Waals surface area contributed by atoms with Gasteiger partial charge in [0, 0.05) is 30.5 Å². The molecule has 7 nitrogen and oxygen atoms in total. The molecule has 34 heavy (non-hydrogen) atoms. The predicted molar refractivity (Wildman–Crippen MR) is 139 cm³/mol. The fourth-order valence-corrected chi connectivity index (χ4v) is 3.65. The minimum absolute atomic E-state index is 0.114. The van der Waals surface area contributed by atoms with Gasteiger partial charge in [-0.3, -0.25) is 14.9 Å². The Morgan fingerprint density at radius 1 is 0.912 bits per heavy atom. The molecule has 0 fully saturated rings. The van der Waals surface area contributed by atoms with E-state index in [-0.39, 0.29) is 16.9 Å². The maximum absolute atomic E-state index is 12.6. The first-order valence-corrected chi connectivity index (χ1v) is 11.6. The monoisotopic (exact) mass is 541 g/mol. The average Bonchev–Trinajstić information content (AvgIpc) is 2.84. The van der Waals surface area contributed by atoms with E-state index in [1.807, 2.05) is 30.3 Å². The number of halogens is 1. The van der Waals surface area contributed by atoms with Crippen LogP contribution in [0.3, 0.4) is 0 Å². The molecule has 0 radical (unpaired) electrons. The Bertz CT molecular complexity index is 1160. The van der Waals surface area contributed by atoms with Crippen molar-refractivity contribution in [1.82, 2.24) is 10.6 Å². The fraction of sp³-hybridized carbons (Fsp3) is 0.160. The minimum Gasteiger partial charge on any atom is -0.490 e. The lowest BCUT2D eigenvalue weighted by Crippen LogP contribution is -2.34. The molecule has 0 aliphatic heterocycles. The quantitative estimate of drug-likeness (QED) is 0.272. The molecule has 0 saturated heterocycles. The van der Waals surface area contributed by atoms with Gasteiger partial charge in [-0.15, -0.1) is 0 Å². The second kappa shape index (κ2) is 12.8. The van der Waals surface area contributed by atoms with E-state index >= 15 is 0 Å². The van der Waals surface area contributed by atoms with E-state index in [0.717, 1.165) is 5.56 Å². The van der Waals surface area contributed by atoms with Crippen molar-refractivity contribution in [2.45, 2.75) is 6.54 Å². The summed E-state index contributed by atoms with van der Waals surface area (Å²) in [4.78, 5) is 25.1. The number of hydrogen-bond donors (Lipinski definition) is 3. The van der Waals surface area contributed by atoms with Gasteiger partial charge in [0.1, 0.15) is 12.4 Å². The molecule has 3 N–H and O–H groups in total. The Kier molecular flexibility index (Phi) is 9.57. The van der Waals surface area contributed by atoms with Crippen LogP contribution in [0.4, 0.5) is 5.69 Å². The lowest BCUT2D eigenvalue weighted by molar-refractivity contribution is 0.0948. The number of hydrogen-bond acceptors (Lipinski definition) is 5. The van der Waals surface area contributed by atoms with Gasteiger partial charge in [0.15, 0.2) is 5.11 Å². The van der Waals surface area contributed by atoms with Crippen molar-refractivity contribution in [3.05, 3.63) is 94.0 Å². The van der Waals surface area contributed by atoms with E-state index < -0.39 is 0 Å². The Hall–Kier alpha value is -3.27. The number of ether oxygens (including phenoxy) is 2. The smallest absolute Gasteiger partial charge is 0.257 e. The van der Waals surface area contributed by atoms with Crippen molar-refractivity contribution < 1.29 is 19.1 Å². The average molecular weight is 542 g/mol. The standard InChI is InChI=1S/C25H24BrN3O4S/c1-32-12-13-33-22-11-10-19(15-21(22)26)24(31)29-25(34)28-20-9-5-8-18(14-20)23(30)27-16-17-6-3-2-4-7-17/h2-11,14-15H,12-13,16H2,1H3,(H,27,30)(H2,28,29,31,34). The van der Waals surface area contributed by atoms with E-state index in [9.17, 15) is 9.59 Å². The normalized spacial score (nSPS) is 10.3. The summed E-state index contributed by atoms with van der Waals surface area (Å²) in [6.45, 7) is 1.29. The zero-order valence-corrected chi connectivity index (χ0v) is 20.9. The first-order valence-electron chi connectivity index (χ1n) is 10.4. The number of methoxy groups -OCH3 is 1. The van der Waals surface area contributed by atoms with Crippen LogP contribution in [0.25, 0.3) is 0 Å². The van der Waals surface area contributed by atoms with Crippen LogP contribution in [-0.4, -0.2) is 37.3 Å². The van der Waals surface area contributed by atoms with Crippen LogP contribution in [0.15, 0.2) is 77.3 Å². The molecule has 0 saturated carbocycles. The highest BCUT2D eigenvalue weighted by molar-refractivity contribution is 9.10. The van der Waals surface area contributed by atoms with Crippen molar-refractivity contribution >= 4 is 50.8 Å². The number of amides is 2. The molecule has 0 bridgehead atoms. The van der Waals surface area contributed by atoms with E-state index in [1.54, 1.807) is 49.6 Å². The molecule has 3 aromatic carbocycles. The zero-order chi connectivity index (χ0) is 24.3. The van der Waals surface area contributed by atoms with E-state index in [4.69, 9.17) is 21.7 Å². The summed E-state index contributed by atoms with van der Waals surface area (Å²) in [7, 11) is 1.60. The number of anilines is 1. The lowest BCUT2D eigenvalue weighted by Gasteiger charge is -2.12. The SMILES string of the molecule is COCCOc1ccc(C(=O)NC(=S)Nc2cccc(C(=O)NCc3ccccc3)c2)cc1Br. The molecule has 0 spiro atoms. The van der Waals surface area contributed by atoms with Crippen LogP contribution in [0.5, 0.6) is 5.75 Å². The molecule has 176 valence electrons. The van der Waals surface area contributed by atoms with Crippen LogP contribution in [0.1, 0.15) is 26.3 Å². The molecule has 9 heteroatoms. The van der Waals surface area contributed by atoms with E-state index in [1.165, 1.54) is 0 Å². The Labute approximate surface area is 212 Å². The molecule has 0 aliphatic carbocycles. The first-order chi connectivity index (χ1) is 16.5. The molecular weight excluding hydrogens is 518 g/mol. The van der Waals surface area contributed by atoms with Crippen LogP contribution in [0, 0.1) is 0 Å². The highest BCUT2D eigenvalue weighted by atomic mass is 79.9. The number of nitrogens with one attached hydrogen (secondary N) is 3. The Balaban J connectivity index is 1.54. The summed E-state index contributed by atoms with van der Waals surface area (Å²) >= 11 is 8.68. The fourth-order valence-electron chi connectivity index (χ4n) is 2.95. The number of rotatable bonds is 9. The molecule has 3 rings (SSSR count). The Morgan fingerprint density at radius 2 is 1.68 bits per heavy atom. The third-order valence-electron chi connectivity index (χ3n) is 4.64. The first kappa shape index (κ1) is 25.4. The van der Waals surface area contributed by atoms with Gasteiger partial charge in [0.25, 0.3) is 11.8 Å². The van der Waals surface area contributed by atoms with Gasteiger partial charge in [0.2, 0.25) is 0 Å². The molecule has 0 heterocycles. The summed E-state index contributed by atoms with van der Waals surface area (Å²) in [6, 6.07) is 21.5. The largest absolute Gasteiger partial charge is 0.490 e. The van der Waals surface area contributed by atoms with Crippen molar-refractivity contribution in [3.8, 4) is 5.75 Å². The van der Waals surface area contributed by atoms with Crippen molar-refractivity contribution in [1.29, 1.82) is 0 Å². The van der Waals surface area contributed by atoms with Crippen LogP contribution >= 0.6 is 28.1 Å². The van der Waals surface area contributed by atoms with Gasteiger partial charge in [-0.05, 0) is 70.1 Å². The lowest BCUT2D eigenvalue weighted by atomic mass is 10.1. The minimum atomic E-state index is -0.376. The summed E-state index contributed by atoms with van der Waals surface area (Å²) in [5.41, 5.74) is 2.48. The highest BCUT2D eigenvalue weighted by Gasteiger charge is 2.12. The van der Waals surface area contributed by atoms with Crippen LogP contribution in [0.2, 0.25) is 0 Å². The predicted octanol–water partition coefficient (Wildman–Crippen LogP) is 4.53. The van der Waals surface area contributed by atoms with Crippen molar-refractivity contribution in [2.75, 3.05) is 25.6 Å².